The highest BCUT2D eigenvalue weighted by molar-refractivity contribution is 6.34. The van der Waals surface area contributed by atoms with E-state index in [2.05, 4.69) is 10.5 Å². The summed E-state index contributed by atoms with van der Waals surface area (Å²) in [5.74, 6) is -1.00. The van der Waals surface area contributed by atoms with E-state index in [0.717, 1.165) is 0 Å². The Morgan fingerprint density at radius 1 is 1.75 bits per heavy atom. The van der Waals surface area contributed by atoms with Crippen LogP contribution in [0.1, 0.15) is 6.92 Å². The van der Waals surface area contributed by atoms with Crippen molar-refractivity contribution in [2.45, 2.75) is 6.92 Å². The monoisotopic (exact) mass is 116 g/mol. The lowest BCUT2D eigenvalue weighted by atomic mass is 10.4. The van der Waals surface area contributed by atoms with Crippen LogP contribution < -0.4 is 5.43 Å². The van der Waals surface area contributed by atoms with E-state index >= 15 is 0 Å². The van der Waals surface area contributed by atoms with E-state index in [1.807, 2.05) is 0 Å². The van der Waals surface area contributed by atoms with Crippen LogP contribution >= 0.6 is 0 Å². The van der Waals surface area contributed by atoms with Gasteiger partial charge in [0.05, 0.1) is 0 Å². The largest absolute Gasteiger partial charge is 0.477 e. The van der Waals surface area contributed by atoms with Crippen LogP contribution in [-0.2, 0) is 4.79 Å². The van der Waals surface area contributed by atoms with Crippen molar-refractivity contribution in [2.24, 2.45) is 5.10 Å². The summed E-state index contributed by atoms with van der Waals surface area (Å²) in [6.45, 7) is 1.42. The van der Waals surface area contributed by atoms with Gasteiger partial charge in [0.1, 0.15) is 5.71 Å². The first-order valence-corrected chi connectivity index (χ1v) is 2.12. The second-order valence-electron chi connectivity index (χ2n) is 1.23. The van der Waals surface area contributed by atoms with Gasteiger partial charge < -0.3 is 10.5 Å². The average molecular weight is 116 g/mol. The highest BCUT2D eigenvalue weighted by Crippen LogP contribution is 1.70. The molecule has 46 valence electrons. The molecule has 0 spiro atoms. The van der Waals surface area contributed by atoms with Gasteiger partial charge in [-0.3, -0.25) is 0 Å². The van der Waals surface area contributed by atoms with Gasteiger partial charge >= 0.3 is 5.97 Å². The Labute approximate surface area is 47.2 Å². The zero-order valence-electron chi connectivity index (χ0n) is 4.80. The van der Waals surface area contributed by atoms with Gasteiger partial charge in [0.15, 0.2) is 0 Å². The van der Waals surface area contributed by atoms with Crippen molar-refractivity contribution >= 4 is 11.7 Å². The standard InChI is InChI=1S/C4H8N2O2/c1-3(4(7)8)6-5-2/h5H,1-2H3,(H,7,8)/b6-3+. The summed E-state index contributed by atoms with van der Waals surface area (Å²) in [5.41, 5.74) is 2.42. The minimum atomic E-state index is -1.00. The van der Waals surface area contributed by atoms with E-state index in [9.17, 15) is 4.79 Å². The molecule has 0 unspecified atom stereocenters. The molecule has 0 saturated heterocycles. The molecule has 0 heterocycles. The third-order valence-corrected chi connectivity index (χ3v) is 0.589. The summed E-state index contributed by atoms with van der Waals surface area (Å²) >= 11 is 0. The number of hydrogen-bond donors (Lipinski definition) is 2. The SMILES string of the molecule is CN/N=C(\C)C(=O)O. The summed E-state index contributed by atoms with van der Waals surface area (Å²) in [6, 6.07) is 0. The van der Waals surface area contributed by atoms with E-state index in [0.29, 0.717) is 0 Å². The van der Waals surface area contributed by atoms with Gasteiger partial charge in [-0.05, 0) is 6.92 Å². The van der Waals surface area contributed by atoms with Gasteiger partial charge in [-0.2, -0.15) is 5.10 Å². The fraction of sp³-hybridized carbons (Fsp3) is 0.500. The second-order valence-corrected chi connectivity index (χ2v) is 1.23. The predicted molar refractivity (Wildman–Crippen MR) is 29.8 cm³/mol. The predicted octanol–water partition coefficient (Wildman–Crippen LogP) is -0.334. The van der Waals surface area contributed by atoms with Crippen LogP contribution in [0.25, 0.3) is 0 Å². The number of carbonyl (C=O) groups is 1. The third-order valence-electron chi connectivity index (χ3n) is 0.589. The zero-order valence-corrected chi connectivity index (χ0v) is 4.80. The maximum Gasteiger partial charge on any atom is 0.351 e. The minimum Gasteiger partial charge on any atom is -0.477 e. The lowest BCUT2D eigenvalue weighted by molar-refractivity contribution is -0.129. The van der Waals surface area contributed by atoms with Gasteiger partial charge in [-0.15, -0.1) is 0 Å². The first-order valence-electron chi connectivity index (χ1n) is 2.12. The lowest BCUT2D eigenvalue weighted by Crippen LogP contribution is -2.11. The Morgan fingerprint density at radius 2 is 2.25 bits per heavy atom. The third kappa shape index (κ3) is 2.17. The second kappa shape index (κ2) is 3.01. The Morgan fingerprint density at radius 3 is 2.38 bits per heavy atom. The van der Waals surface area contributed by atoms with Gasteiger partial charge in [-0.25, -0.2) is 4.79 Å². The molecule has 0 atom stereocenters. The maximum atomic E-state index is 9.92. The smallest absolute Gasteiger partial charge is 0.351 e. The number of nitrogens with zero attached hydrogens (tertiary/aromatic N) is 1. The van der Waals surface area contributed by atoms with Crippen molar-refractivity contribution in [2.75, 3.05) is 7.05 Å². The quantitative estimate of drug-likeness (QED) is 0.383. The molecule has 0 aliphatic heterocycles. The maximum absolute atomic E-state index is 9.92. The van der Waals surface area contributed by atoms with E-state index in [-0.39, 0.29) is 5.71 Å². The van der Waals surface area contributed by atoms with Crippen molar-refractivity contribution < 1.29 is 9.90 Å². The molecule has 4 nitrogen and oxygen atoms in total. The van der Waals surface area contributed by atoms with Crippen LogP contribution in [-0.4, -0.2) is 23.8 Å². The molecule has 0 aromatic carbocycles. The molecular weight excluding hydrogens is 108 g/mol. The minimum absolute atomic E-state index is 0.0625. The Bertz CT molecular complexity index is 119. The number of hydrazone groups is 1. The van der Waals surface area contributed by atoms with Gasteiger partial charge in [0, 0.05) is 7.05 Å². The van der Waals surface area contributed by atoms with Crippen LogP contribution in [0.15, 0.2) is 5.10 Å². The van der Waals surface area contributed by atoms with Gasteiger partial charge in [0.25, 0.3) is 0 Å². The molecular formula is C4H8N2O2. The Kier molecular flexibility index (Phi) is 2.61. The zero-order chi connectivity index (χ0) is 6.57. The lowest BCUT2D eigenvalue weighted by Gasteiger charge is -1.88. The van der Waals surface area contributed by atoms with E-state index in [1.54, 1.807) is 7.05 Å². The molecule has 0 aliphatic rings. The van der Waals surface area contributed by atoms with Crippen molar-refractivity contribution in [1.82, 2.24) is 5.43 Å². The summed E-state index contributed by atoms with van der Waals surface area (Å²) in [4.78, 5) is 9.92. The molecule has 0 fully saturated rings. The first-order chi connectivity index (χ1) is 3.68. The number of hydrogen-bond acceptors (Lipinski definition) is 3. The molecule has 4 heteroatoms. The Hall–Kier alpha value is -1.06. The van der Waals surface area contributed by atoms with Crippen molar-refractivity contribution in [3.05, 3.63) is 0 Å². The summed E-state index contributed by atoms with van der Waals surface area (Å²) in [7, 11) is 1.55. The molecule has 8 heavy (non-hydrogen) atoms. The number of aliphatic carboxylic acids is 1. The molecule has 0 aromatic heterocycles. The van der Waals surface area contributed by atoms with Crippen LogP contribution in [0.2, 0.25) is 0 Å². The van der Waals surface area contributed by atoms with Crippen molar-refractivity contribution in [3.63, 3.8) is 0 Å². The summed E-state index contributed by atoms with van der Waals surface area (Å²) < 4.78 is 0. The fourth-order valence-corrected chi connectivity index (χ4v) is 0.216. The Balaban J connectivity index is 3.80. The topological polar surface area (TPSA) is 61.7 Å². The molecule has 0 saturated carbocycles. The molecule has 0 bridgehead atoms. The number of carboxylic acids is 1. The molecule has 0 rings (SSSR count). The molecule has 0 aromatic rings. The first kappa shape index (κ1) is 6.94. The molecule has 0 aliphatic carbocycles. The van der Waals surface area contributed by atoms with E-state index in [1.165, 1.54) is 6.92 Å². The van der Waals surface area contributed by atoms with Gasteiger partial charge in [0.2, 0.25) is 0 Å². The number of rotatable bonds is 2. The van der Waals surface area contributed by atoms with Crippen LogP contribution in [0.4, 0.5) is 0 Å². The molecule has 2 N–H and O–H groups in total. The average Bonchev–Trinajstić information content (AvgIpc) is 1.67. The highest BCUT2D eigenvalue weighted by Gasteiger charge is 1.98. The summed E-state index contributed by atoms with van der Waals surface area (Å²) in [5, 5.41) is 11.5. The number of nitrogens with one attached hydrogen (secondary N) is 1. The van der Waals surface area contributed by atoms with Crippen LogP contribution in [0.3, 0.4) is 0 Å². The van der Waals surface area contributed by atoms with E-state index in [4.69, 9.17) is 5.11 Å². The normalized spacial score (nSPS) is 11.0. The highest BCUT2D eigenvalue weighted by atomic mass is 16.4. The summed E-state index contributed by atoms with van der Waals surface area (Å²) in [6.07, 6.45) is 0. The molecule has 0 radical (unpaired) electrons. The van der Waals surface area contributed by atoms with Crippen LogP contribution in [0.5, 0.6) is 0 Å². The number of carboxylic acid groups (broad SMARTS) is 1. The van der Waals surface area contributed by atoms with Crippen molar-refractivity contribution in [1.29, 1.82) is 0 Å². The molecule has 0 amide bonds. The van der Waals surface area contributed by atoms with E-state index < -0.39 is 5.97 Å². The van der Waals surface area contributed by atoms with Gasteiger partial charge in [-0.1, -0.05) is 0 Å². The van der Waals surface area contributed by atoms with Crippen LogP contribution in [0, 0.1) is 0 Å². The fourth-order valence-electron chi connectivity index (χ4n) is 0.216. The van der Waals surface area contributed by atoms with Crippen molar-refractivity contribution in [3.8, 4) is 0 Å².